The highest BCUT2D eigenvalue weighted by molar-refractivity contribution is 6.17. The van der Waals surface area contributed by atoms with Gasteiger partial charge in [0.05, 0.1) is 18.1 Å². The number of fused-ring (bicyclic) bond motifs is 1. The zero-order valence-corrected chi connectivity index (χ0v) is 12.0. The van der Waals surface area contributed by atoms with Crippen molar-refractivity contribution >= 4 is 22.6 Å². The summed E-state index contributed by atoms with van der Waals surface area (Å²) in [5.41, 5.74) is 1.57. The van der Waals surface area contributed by atoms with E-state index < -0.39 is 0 Å². The molecule has 2 rings (SSSR count). The van der Waals surface area contributed by atoms with Gasteiger partial charge < -0.3 is 9.30 Å². The van der Waals surface area contributed by atoms with Crippen LogP contribution in [0.2, 0.25) is 0 Å². The Morgan fingerprint density at radius 1 is 1.42 bits per heavy atom. The van der Waals surface area contributed by atoms with Crippen molar-refractivity contribution in [3.05, 3.63) is 23.8 Å². The van der Waals surface area contributed by atoms with Crippen LogP contribution >= 0.6 is 11.6 Å². The Morgan fingerprint density at radius 2 is 2.21 bits per heavy atom. The zero-order valence-electron chi connectivity index (χ0n) is 11.2. The normalized spacial score (nSPS) is 11.2. The quantitative estimate of drug-likeness (QED) is 0.755. The van der Waals surface area contributed by atoms with Crippen molar-refractivity contribution in [1.82, 2.24) is 9.55 Å². The molecule has 1 heterocycles. The molecule has 1 aromatic carbocycles. The fourth-order valence-corrected chi connectivity index (χ4v) is 2.34. The Hall–Kier alpha value is -1.29. The summed E-state index contributed by atoms with van der Waals surface area (Å²) in [6.45, 7) is 3.01. The number of imidazole rings is 1. The van der Waals surface area contributed by atoms with Gasteiger partial charge in [-0.1, -0.05) is 13.3 Å². The highest BCUT2D eigenvalue weighted by Gasteiger charge is 2.14. The summed E-state index contributed by atoms with van der Waals surface area (Å²) in [5.74, 6) is 1.29. The van der Waals surface area contributed by atoms with E-state index in [1.165, 1.54) is 13.2 Å². The summed E-state index contributed by atoms with van der Waals surface area (Å²) in [5, 5.41) is 0. The molecule has 0 amide bonds. The Morgan fingerprint density at radius 3 is 2.84 bits per heavy atom. The molecule has 0 atom stereocenters. The van der Waals surface area contributed by atoms with E-state index in [0.717, 1.165) is 30.7 Å². The van der Waals surface area contributed by atoms with Gasteiger partial charge in [-0.05, 0) is 6.42 Å². The molecule has 0 spiro atoms. The first-order valence-electron chi connectivity index (χ1n) is 6.49. The van der Waals surface area contributed by atoms with Crippen molar-refractivity contribution in [3.63, 3.8) is 0 Å². The molecule has 5 heteroatoms. The van der Waals surface area contributed by atoms with E-state index in [-0.39, 0.29) is 11.6 Å². The van der Waals surface area contributed by atoms with E-state index >= 15 is 0 Å². The van der Waals surface area contributed by atoms with Gasteiger partial charge >= 0.3 is 0 Å². The highest BCUT2D eigenvalue weighted by atomic mass is 35.5. The molecule has 1 aromatic heterocycles. The van der Waals surface area contributed by atoms with Crippen molar-refractivity contribution in [2.75, 3.05) is 13.0 Å². The van der Waals surface area contributed by atoms with E-state index in [2.05, 4.69) is 16.5 Å². The second-order valence-electron chi connectivity index (χ2n) is 4.45. The monoisotopic (exact) mass is 284 g/mol. The maximum absolute atomic E-state index is 13.7. The highest BCUT2D eigenvalue weighted by Crippen LogP contribution is 2.26. The number of ether oxygens (including phenoxy) is 1. The molecular formula is C14H18ClFN2O. The number of hydrogen-bond acceptors (Lipinski definition) is 2. The summed E-state index contributed by atoms with van der Waals surface area (Å²) in [7, 11) is 1.47. The van der Waals surface area contributed by atoms with Crippen LogP contribution in [0.5, 0.6) is 5.75 Å². The molecule has 3 nitrogen and oxygen atoms in total. The van der Waals surface area contributed by atoms with Gasteiger partial charge in [0.15, 0.2) is 11.6 Å². The van der Waals surface area contributed by atoms with E-state index in [4.69, 9.17) is 16.3 Å². The molecule has 0 unspecified atom stereocenters. The van der Waals surface area contributed by atoms with Gasteiger partial charge in [0.1, 0.15) is 5.82 Å². The minimum Gasteiger partial charge on any atom is -0.494 e. The maximum atomic E-state index is 13.7. The average molecular weight is 285 g/mol. The molecule has 2 aromatic rings. The third kappa shape index (κ3) is 2.84. The predicted molar refractivity (Wildman–Crippen MR) is 75.6 cm³/mol. The Kier molecular flexibility index (Phi) is 4.64. The van der Waals surface area contributed by atoms with Gasteiger partial charge in [-0.25, -0.2) is 9.37 Å². The molecular weight excluding hydrogens is 267 g/mol. The van der Waals surface area contributed by atoms with Crippen molar-refractivity contribution in [2.45, 2.75) is 32.7 Å². The molecule has 0 aliphatic heterocycles. The van der Waals surface area contributed by atoms with Crippen LogP contribution in [0.4, 0.5) is 4.39 Å². The van der Waals surface area contributed by atoms with Crippen LogP contribution in [0.15, 0.2) is 12.1 Å². The average Bonchev–Trinajstić information content (AvgIpc) is 2.72. The summed E-state index contributed by atoms with van der Waals surface area (Å²) in [4.78, 5) is 4.47. The number of nitrogens with zero attached hydrogens (tertiary/aromatic N) is 2. The molecule has 0 saturated carbocycles. The lowest BCUT2D eigenvalue weighted by molar-refractivity contribution is 0.387. The maximum Gasteiger partial charge on any atom is 0.167 e. The summed E-state index contributed by atoms with van der Waals surface area (Å²) < 4.78 is 20.9. The van der Waals surface area contributed by atoms with Gasteiger partial charge in [0.25, 0.3) is 0 Å². The van der Waals surface area contributed by atoms with Crippen molar-refractivity contribution in [3.8, 4) is 5.75 Å². The second kappa shape index (κ2) is 6.24. The lowest BCUT2D eigenvalue weighted by Crippen LogP contribution is -2.04. The smallest absolute Gasteiger partial charge is 0.167 e. The van der Waals surface area contributed by atoms with Crippen LogP contribution in [-0.4, -0.2) is 22.5 Å². The molecule has 0 aliphatic rings. The number of hydrogen-bond donors (Lipinski definition) is 0. The third-order valence-corrected chi connectivity index (χ3v) is 3.34. The van der Waals surface area contributed by atoms with Crippen LogP contribution < -0.4 is 4.74 Å². The standard InChI is InChI=1S/C14H18ClFN2O/c1-3-4-7-18-12-9-13(19-2)10(16)8-11(12)17-14(18)5-6-15/h8-9H,3-7H2,1-2H3. The molecule has 0 aliphatic carbocycles. The van der Waals surface area contributed by atoms with E-state index in [9.17, 15) is 4.39 Å². The number of aromatic nitrogens is 2. The minimum atomic E-state index is -0.382. The summed E-state index contributed by atoms with van der Waals surface area (Å²) in [6.07, 6.45) is 2.84. The largest absolute Gasteiger partial charge is 0.494 e. The minimum absolute atomic E-state index is 0.252. The van der Waals surface area contributed by atoms with Crippen LogP contribution in [0.25, 0.3) is 11.0 Å². The first-order valence-corrected chi connectivity index (χ1v) is 7.03. The molecule has 0 fully saturated rings. The predicted octanol–water partition coefficient (Wildman–Crippen LogP) is 3.77. The lowest BCUT2D eigenvalue weighted by atomic mass is 10.2. The number of benzene rings is 1. The molecule has 19 heavy (non-hydrogen) atoms. The number of halogens is 2. The molecule has 0 bridgehead atoms. The first-order chi connectivity index (χ1) is 9.21. The van der Waals surface area contributed by atoms with Crippen molar-refractivity contribution in [2.24, 2.45) is 0 Å². The Bertz CT molecular complexity index is 568. The van der Waals surface area contributed by atoms with Gasteiger partial charge in [-0.2, -0.15) is 0 Å². The van der Waals surface area contributed by atoms with Gasteiger partial charge in [-0.3, -0.25) is 0 Å². The summed E-state index contributed by atoms with van der Waals surface area (Å²) >= 11 is 5.81. The van der Waals surface area contributed by atoms with Crippen LogP contribution in [0.3, 0.4) is 0 Å². The number of rotatable bonds is 6. The fraction of sp³-hybridized carbons (Fsp3) is 0.500. The van der Waals surface area contributed by atoms with Crippen molar-refractivity contribution < 1.29 is 9.13 Å². The van der Waals surface area contributed by atoms with Gasteiger partial charge in [-0.15, -0.1) is 11.6 Å². The number of aryl methyl sites for hydroxylation is 2. The number of alkyl halides is 1. The van der Waals surface area contributed by atoms with E-state index in [0.29, 0.717) is 17.8 Å². The van der Waals surface area contributed by atoms with Crippen LogP contribution in [0.1, 0.15) is 25.6 Å². The van der Waals surface area contributed by atoms with Crippen molar-refractivity contribution in [1.29, 1.82) is 0 Å². The topological polar surface area (TPSA) is 27.1 Å². The Balaban J connectivity index is 2.54. The lowest BCUT2D eigenvalue weighted by Gasteiger charge is -2.08. The van der Waals surface area contributed by atoms with Gasteiger partial charge in [0.2, 0.25) is 0 Å². The molecule has 0 saturated heterocycles. The van der Waals surface area contributed by atoms with Crippen LogP contribution in [0, 0.1) is 5.82 Å². The molecule has 104 valence electrons. The summed E-state index contributed by atoms with van der Waals surface area (Å²) in [6, 6.07) is 3.14. The van der Waals surface area contributed by atoms with Crippen LogP contribution in [-0.2, 0) is 13.0 Å². The molecule has 0 radical (unpaired) electrons. The Labute approximate surface area is 117 Å². The first kappa shape index (κ1) is 14.1. The second-order valence-corrected chi connectivity index (χ2v) is 4.83. The number of unbranched alkanes of at least 4 members (excludes halogenated alkanes) is 1. The molecule has 0 N–H and O–H groups in total. The number of methoxy groups -OCH3 is 1. The van der Waals surface area contributed by atoms with E-state index in [1.54, 1.807) is 6.07 Å². The third-order valence-electron chi connectivity index (χ3n) is 3.15. The van der Waals surface area contributed by atoms with E-state index in [1.807, 2.05) is 0 Å². The van der Waals surface area contributed by atoms with Gasteiger partial charge in [0, 0.05) is 31.0 Å². The fourth-order valence-electron chi connectivity index (χ4n) is 2.17. The zero-order chi connectivity index (χ0) is 13.8. The SMILES string of the molecule is CCCCn1c(CCCl)nc2cc(F)c(OC)cc21.